The molecule has 3 atom stereocenters. The van der Waals surface area contributed by atoms with Gasteiger partial charge in [-0.15, -0.1) is 0 Å². The van der Waals surface area contributed by atoms with Crippen molar-refractivity contribution in [2.75, 3.05) is 12.3 Å². The van der Waals surface area contributed by atoms with Crippen molar-refractivity contribution in [1.82, 2.24) is 19.9 Å². The highest BCUT2D eigenvalue weighted by atomic mass is 32.2. The van der Waals surface area contributed by atoms with Crippen LogP contribution in [-0.4, -0.2) is 54.6 Å². The molecule has 2 aliphatic rings. The van der Waals surface area contributed by atoms with E-state index in [9.17, 15) is 13.2 Å². The highest BCUT2D eigenvalue weighted by molar-refractivity contribution is 7.89. The van der Waals surface area contributed by atoms with Crippen LogP contribution in [0.3, 0.4) is 0 Å². The fourth-order valence-corrected chi connectivity index (χ4v) is 5.53. The monoisotopic (exact) mass is 496 g/mol. The lowest BCUT2D eigenvalue weighted by molar-refractivity contribution is -0.00456. The largest absolute Gasteiger partial charge is 0.332 e. The van der Waals surface area contributed by atoms with Gasteiger partial charge in [0.1, 0.15) is 11.9 Å². The van der Waals surface area contributed by atoms with Crippen LogP contribution in [0.1, 0.15) is 47.8 Å². The molecule has 0 radical (unpaired) electrons. The van der Waals surface area contributed by atoms with Crippen molar-refractivity contribution in [2.45, 2.75) is 57.7 Å². The van der Waals surface area contributed by atoms with Crippen LogP contribution in [-0.2, 0) is 23.0 Å². The van der Waals surface area contributed by atoms with E-state index in [-0.39, 0.29) is 18.5 Å². The second-order valence-corrected chi connectivity index (χ2v) is 10.9. The van der Waals surface area contributed by atoms with Crippen molar-refractivity contribution in [1.29, 1.82) is 0 Å². The van der Waals surface area contributed by atoms with Gasteiger partial charge in [0.15, 0.2) is 0 Å². The zero-order chi connectivity index (χ0) is 24.8. The summed E-state index contributed by atoms with van der Waals surface area (Å²) in [5, 5.41) is 2.61. The molecular formula is C23H27F3N4O3S. The number of urea groups is 1. The van der Waals surface area contributed by atoms with Crippen LogP contribution in [0.25, 0.3) is 0 Å². The van der Waals surface area contributed by atoms with E-state index in [4.69, 9.17) is 0 Å². The number of carbonyl (C=O) groups excluding carboxylic acids is 1. The molecule has 0 spiro atoms. The number of alkyl halides is 2. The van der Waals surface area contributed by atoms with Crippen molar-refractivity contribution in [3.05, 3.63) is 64.2 Å². The van der Waals surface area contributed by atoms with Gasteiger partial charge in [0.2, 0.25) is 10.0 Å². The van der Waals surface area contributed by atoms with Gasteiger partial charge >= 0.3 is 6.03 Å². The topological polar surface area (TPSA) is 91.4 Å². The second-order valence-electron chi connectivity index (χ2n) is 8.86. The molecule has 2 N–H and O–H groups in total. The third-order valence-corrected chi connectivity index (χ3v) is 7.97. The maximum atomic E-state index is 15.7. The Morgan fingerprint density at radius 3 is 2.71 bits per heavy atom. The Labute approximate surface area is 196 Å². The molecule has 0 saturated carbocycles. The van der Waals surface area contributed by atoms with E-state index >= 15 is 13.2 Å². The molecule has 2 amide bonds. The first-order valence-electron chi connectivity index (χ1n) is 11.1. The molecule has 0 unspecified atom stereocenters. The maximum Gasteiger partial charge on any atom is 0.318 e. The molecule has 2 aliphatic heterocycles. The molecule has 11 heteroatoms. The van der Waals surface area contributed by atoms with E-state index in [0.29, 0.717) is 17.0 Å². The number of hydrogen-bond donors (Lipinski definition) is 2. The quantitative estimate of drug-likeness (QED) is 0.683. The summed E-state index contributed by atoms with van der Waals surface area (Å²) in [5.74, 6) is -4.95. The number of aromatic nitrogens is 1. The van der Waals surface area contributed by atoms with Gasteiger partial charge in [-0.2, -0.15) is 0 Å². The fourth-order valence-electron chi connectivity index (χ4n) is 4.65. The molecule has 1 aromatic heterocycles. The summed E-state index contributed by atoms with van der Waals surface area (Å²) in [6.07, 6.45) is -0.281. The Hall–Kier alpha value is -2.66. The Bertz CT molecular complexity index is 1220. The summed E-state index contributed by atoms with van der Waals surface area (Å²) in [6, 6.07) is 4.28. The molecule has 7 nitrogen and oxygen atoms in total. The number of aryl methyl sites for hydroxylation is 1. The number of nitrogens with zero attached hydrogens (tertiary/aromatic N) is 2. The lowest BCUT2D eigenvalue weighted by atomic mass is 9.90. The van der Waals surface area contributed by atoms with Gasteiger partial charge < -0.3 is 10.2 Å². The van der Waals surface area contributed by atoms with Crippen molar-refractivity contribution in [3.8, 4) is 0 Å². The third kappa shape index (κ3) is 4.50. The summed E-state index contributed by atoms with van der Waals surface area (Å²) >= 11 is 0. The Balaban J connectivity index is 1.84. The Kier molecular flexibility index (Phi) is 6.36. The summed E-state index contributed by atoms with van der Waals surface area (Å²) < 4.78 is 72.2. The van der Waals surface area contributed by atoms with Crippen molar-refractivity contribution < 1.29 is 26.4 Å². The SMILES string of the molecule is CCS(=O)(=O)N[C@@H]1[C@@H]2Cc3cccc(c3F)[C@@H](C)c3nc(ccc3C)CNC(=O)N2CC1(F)F. The fraction of sp³-hybridized carbons (Fsp3) is 0.478. The minimum atomic E-state index is -4.02. The minimum Gasteiger partial charge on any atom is -0.332 e. The van der Waals surface area contributed by atoms with Gasteiger partial charge in [-0.25, -0.2) is 31.1 Å². The average Bonchev–Trinajstić information content (AvgIpc) is 3.03. The van der Waals surface area contributed by atoms with E-state index in [1.807, 2.05) is 19.9 Å². The number of amides is 2. The normalized spacial score (nSPS) is 24.5. The predicted molar refractivity (Wildman–Crippen MR) is 121 cm³/mol. The number of carbonyl (C=O) groups is 1. The molecule has 4 rings (SSSR count). The number of rotatable bonds is 3. The first kappa shape index (κ1) is 24.5. The molecule has 184 valence electrons. The van der Waals surface area contributed by atoms with Gasteiger partial charge in [-0.3, -0.25) is 4.98 Å². The number of benzene rings is 1. The molecule has 1 aromatic carbocycles. The molecule has 1 saturated heterocycles. The van der Waals surface area contributed by atoms with Crippen LogP contribution in [0, 0.1) is 12.7 Å². The highest BCUT2D eigenvalue weighted by Crippen LogP contribution is 2.37. The zero-order valence-corrected chi connectivity index (χ0v) is 19.9. The third-order valence-electron chi connectivity index (χ3n) is 6.60. The highest BCUT2D eigenvalue weighted by Gasteiger charge is 2.57. The smallest absolute Gasteiger partial charge is 0.318 e. The number of fused-ring (bicyclic) bond motifs is 5. The molecule has 2 aromatic rings. The van der Waals surface area contributed by atoms with Gasteiger partial charge in [0, 0.05) is 5.92 Å². The van der Waals surface area contributed by atoms with Crippen LogP contribution >= 0.6 is 0 Å². The summed E-state index contributed by atoms with van der Waals surface area (Å²) in [4.78, 5) is 18.5. The standard InChI is InChI=1S/C23H27F3N4O3S/c1-4-34(32,33)29-21-18-10-15-6-5-7-17(19(15)24)14(3)20-13(2)8-9-16(28-20)11-27-22(31)30(18)12-23(21,25)26/h5-9,14,18,21,29H,4,10-12H2,1-3H3,(H,27,31)/t14-,18+,21-/m1/s1. The summed E-state index contributed by atoms with van der Waals surface area (Å²) in [5.41, 5.74) is 2.49. The van der Waals surface area contributed by atoms with E-state index in [1.165, 1.54) is 13.0 Å². The van der Waals surface area contributed by atoms with E-state index < -0.39 is 58.1 Å². The van der Waals surface area contributed by atoms with E-state index in [2.05, 4.69) is 15.0 Å². The van der Waals surface area contributed by atoms with Gasteiger partial charge in [-0.1, -0.05) is 31.2 Å². The van der Waals surface area contributed by atoms with Crippen LogP contribution in [0.5, 0.6) is 0 Å². The Morgan fingerprint density at radius 1 is 1.26 bits per heavy atom. The minimum absolute atomic E-state index is 0.0148. The number of nitrogens with one attached hydrogen (secondary N) is 2. The zero-order valence-electron chi connectivity index (χ0n) is 19.1. The summed E-state index contributed by atoms with van der Waals surface area (Å²) in [6.45, 7) is 4.00. The predicted octanol–water partition coefficient (Wildman–Crippen LogP) is 3.07. The number of halogens is 3. The van der Waals surface area contributed by atoms with Crippen LogP contribution in [0.2, 0.25) is 0 Å². The van der Waals surface area contributed by atoms with Gasteiger partial charge in [-0.05, 0) is 43.0 Å². The van der Waals surface area contributed by atoms with Crippen molar-refractivity contribution in [3.63, 3.8) is 0 Å². The van der Waals surface area contributed by atoms with Crippen LogP contribution < -0.4 is 10.0 Å². The van der Waals surface area contributed by atoms with Gasteiger partial charge in [0.25, 0.3) is 5.92 Å². The maximum absolute atomic E-state index is 15.7. The molecular weight excluding hydrogens is 469 g/mol. The van der Waals surface area contributed by atoms with Crippen LogP contribution in [0.15, 0.2) is 30.3 Å². The lowest BCUT2D eigenvalue weighted by Gasteiger charge is -2.28. The first-order chi connectivity index (χ1) is 15.9. The first-order valence-corrected chi connectivity index (χ1v) is 12.7. The molecule has 0 aliphatic carbocycles. The number of hydrogen-bond acceptors (Lipinski definition) is 4. The number of sulfonamides is 1. The average molecular weight is 497 g/mol. The molecule has 3 heterocycles. The van der Waals surface area contributed by atoms with Crippen LogP contribution in [0.4, 0.5) is 18.0 Å². The van der Waals surface area contributed by atoms with E-state index in [1.54, 1.807) is 18.2 Å². The Morgan fingerprint density at radius 2 is 2.00 bits per heavy atom. The summed E-state index contributed by atoms with van der Waals surface area (Å²) in [7, 11) is -4.02. The molecule has 34 heavy (non-hydrogen) atoms. The lowest BCUT2D eigenvalue weighted by Crippen LogP contribution is -2.53. The van der Waals surface area contributed by atoms with E-state index in [0.717, 1.165) is 10.5 Å². The second kappa shape index (κ2) is 8.84. The van der Waals surface area contributed by atoms with Gasteiger partial charge in [0.05, 0.1) is 36.3 Å². The number of pyridine rings is 1. The van der Waals surface area contributed by atoms with Crippen molar-refractivity contribution in [2.24, 2.45) is 0 Å². The molecule has 4 bridgehead atoms. The van der Waals surface area contributed by atoms with Crippen molar-refractivity contribution >= 4 is 16.1 Å². The molecule has 1 fully saturated rings.